The molecule has 34 heavy (non-hydrogen) atoms. The monoisotopic (exact) mass is 459 g/mol. The molecule has 4 rings (SSSR count). The zero-order valence-electron chi connectivity index (χ0n) is 19.3. The summed E-state index contributed by atoms with van der Waals surface area (Å²) in [6, 6.07) is 16.8. The number of fused-ring (bicyclic) bond motifs is 1. The number of amides is 2. The maximum absolute atomic E-state index is 13.5. The van der Waals surface area contributed by atoms with E-state index in [-0.39, 0.29) is 11.7 Å². The standard InChI is InChI=1S/C27H26FN3O3/c1-4-31(5-2)22-15-23-21(14-20(22)17-7-6-8-18(13-17)26(29)32)24(27(33)30-3)25(34-23)16-9-11-19(28)12-10-16/h6-15H,4-5H2,1-3H3,(H2,29,32)(H,30,33). The predicted octanol–water partition coefficient (Wildman–Crippen LogP) is 5.21. The average Bonchev–Trinajstić information content (AvgIpc) is 3.22. The highest BCUT2D eigenvalue weighted by atomic mass is 19.1. The van der Waals surface area contributed by atoms with Crippen LogP contribution in [0.4, 0.5) is 10.1 Å². The summed E-state index contributed by atoms with van der Waals surface area (Å²) in [6.45, 7) is 5.61. The Kier molecular flexibility index (Phi) is 6.36. The molecule has 0 fully saturated rings. The van der Waals surface area contributed by atoms with Crippen molar-refractivity contribution in [3.8, 4) is 22.5 Å². The van der Waals surface area contributed by atoms with Crippen molar-refractivity contribution < 1.29 is 18.4 Å². The third kappa shape index (κ3) is 4.12. The zero-order valence-corrected chi connectivity index (χ0v) is 19.3. The lowest BCUT2D eigenvalue weighted by Gasteiger charge is -2.24. The number of carbonyl (C=O) groups excluding carboxylic acids is 2. The quantitative estimate of drug-likeness (QED) is 0.397. The molecule has 2 amide bonds. The van der Waals surface area contributed by atoms with E-state index in [1.165, 1.54) is 12.1 Å². The van der Waals surface area contributed by atoms with Gasteiger partial charge in [-0.3, -0.25) is 9.59 Å². The molecule has 0 aliphatic rings. The number of primary amides is 1. The minimum absolute atomic E-state index is 0.314. The fourth-order valence-electron chi connectivity index (χ4n) is 4.18. The predicted molar refractivity (Wildman–Crippen MR) is 133 cm³/mol. The molecule has 0 unspecified atom stereocenters. The topological polar surface area (TPSA) is 88.6 Å². The molecule has 174 valence electrons. The molecule has 3 aromatic carbocycles. The van der Waals surface area contributed by atoms with Gasteiger partial charge in [0.15, 0.2) is 0 Å². The van der Waals surface area contributed by atoms with Crippen molar-refractivity contribution in [2.45, 2.75) is 13.8 Å². The molecule has 0 spiro atoms. The van der Waals surface area contributed by atoms with E-state index in [1.54, 1.807) is 37.4 Å². The van der Waals surface area contributed by atoms with E-state index in [0.29, 0.717) is 33.4 Å². The zero-order chi connectivity index (χ0) is 24.4. The van der Waals surface area contributed by atoms with Crippen molar-refractivity contribution in [1.82, 2.24) is 5.32 Å². The lowest BCUT2D eigenvalue weighted by molar-refractivity contribution is 0.0963. The van der Waals surface area contributed by atoms with Crippen LogP contribution in [0.1, 0.15) is 34.6 Å². The molecular formula is C27H26FN3O3. The summed E-state index contributed by atoms with van der Waals surface area (Å²) in [7, 11) is 1.55. The largest absolute Gasteiger partial charge is 0.455 e. The van der Waals surface area contributed by atoms with Crippen LogP contribution >= 0.6 is 0 Å². The van der Waals surface area contributed by atoms with Gasteiger partial charge < -0.3 is 20.4 Å². The average molecular weight is 460 g/mol. The number of furan rings is 1. The van der Waals surface area contributed by atoms with Crippen LogP contribution in [0.3, 0.4) is 0 Å². The second-order valence-electron chi connectivity index (χ2n) is 7.88. The number of rotatable bonds is 7. The lowest BCUT2D eigenvalue weighted by atomic mass is 9.96. The Bertz CT molecular complexity index is 1370. The third-order valence-corrected chi connectivity index (χ3v) is 5.93. The van der Waals surface area contributed by atoms with Crippen LogP contribution in [0.25, 0.3) is 33.4 Å². The second kappa shape index (κ2) is 9.39. The molecule has 0 aliphatic heterocycles. The highest BCUT2D eigenvalue weighted by molar-refractivity contribution is 6.13. The first-order valence-corrected chi connectivity index (χ1v) is 11.1. The molecule has 4 aromatic rings. The van der Waals surface area contributed by atoms with Crippen molar-refractivity contribution in [2.75, 3.05) is 25.0 Å². The molecule has 6 nitrogen and oxygen atoms in total. The normalized spacial score (nSPS) is 10.9. The maximum Gasteiger partial charge on any atom is 0.255 e. The Morgan fingerprint density at radius 1 is 1.00 bits per heavy atom. The highest BCUT2D eigenvalue weighted by Gasteiger charge is 2.24. The molecule has 3 N–H and O–H groups in total. The van der Waals surface area contributed by atoms with E-state index in [1.807, 2.05) is 18.2 Å². The number of nitrogens with two attached hydrogens (primary N) is 1. The van der Waals surface area contributed by atoms with E-state index < -0.39 is 5.91 Å². The Labute approximate surface area is 197 Å². The van der Waals surface area contributed by atoms with Crippen LogP contribution < -0.4 is 16.0 Å². The molecule has 1 aromatic heterocycles. The molecular weight excluding hydrogens is 433 g/mol. The summed E-state index contributed by atoms with van der Waals surface area (Å²) in [5, 5.41) is 3.30. The number of anilines is 1. The Balaban J connectivity index is 2.05. The van der Waals surface area contributed by atoms with Gasteiger partial charge in [0.2, 0.25) is 5.91 Å². The SMILES string of the molecule is CCN(CC)c1cc2oc(-c3ccc(F)cc3)c(C(=O)NC)c2cc1-c1cccc(C(N)=O)c1. The van der Waals surface area contributed by atoms with Crippen molar-refractivity contribution in [3.63, 3.8) is 0 Å². The summed E-state index contributed by atoms with van der Waals surface area (Å²) < 4.78 is 19.7. The molecule has 0 saturated carbocycles. The molecule has 0 atom stereocenters. The second-order valence-corrected chi connectivity index (χ2v) is 7.88. The van der Waals surface area contributed by atoms with Crippen LogP contribution in [-0.2, 0) is 0 Å². The van der Waals surface area contributed by atoms with Crippen molar-refractivity contribution >= 4 is 28.5 Å². The van der Waals surface area contributed by atoms with Crippen molar-refractivity contribution in [1.29, 1.82) is 0 Å². The summed E-state index contributed by atoms with van der Waals surface area (Å²) in [5.41, 5.74) is 9.96. The van der Waals surface area contributed by atoms with Gasteiger partial charge in [-0.1, -0.05) is 12.1 Å². The van der Waals surface area contributed by atoms with E-state index >= 15 is 0 Å². The van der Waals surface area contributed by atoms with Gasteiger partial charge in [0.05, 0.1) is 5.56 Å². The van der Waals surface area contributed by atoms with Gasteiger partial charge in [0.1, 0.15) is 17.2 Å². The number of hydrogen-bond acceptors (Lipinski definition) is 4. The maximum atomic E-state index is 13.5. The summed E-state index contributed by atoms with van der Waals surface area (Å²) in [5.74, 6) is -0.838. The fourth-order valence-corrected chi connectivity index (χ4v) is 4.18. The molecule has 1 heterocycles. The molecule has 0 saturated heterocycles. The van der Waals surface area contributed by atoms with Crippen LogP contribution in [-0.4, -0.2) is 32.0 Å². The van der Waals surface area contributed by atoms with Crippen LogP contribution in [0.2, 0.25) is 0 Å². The molecule has 0 aliphatic carbocycles. The number of halogens is 1. The van der Waals surface area contributed by atoms with Gasteiger partial charge >= 0.3 is 0 Å². The van der Waals surface area contributed by atoms with E-state index in [0.717, 1.165) is 29.9 Å². The van der Waals surface area contributed by atoms with E-state index in [2.05, 4.69) is 24.1 Å². The number of carbonyl (C=O) groups is 2. The Morgan fingerprint density at radius 3 is 2.32 bits per heavy atom. The van der Waals surface area contributed by atoms with Gasteiger partial charge in [0.25, 0.3) is 5.91 Å². The van der Waals surface area contributed by atoms with Gasteiger partial charge in [-0.05, 0) is 61.9 Å². The molecule has 7 heteroatoms. The van der Waals surface area contributed by atoms with E-state index in [9.17, 15) is 14.0 Å². The highest BCUT2D eigenvalue weighted by Crippen LogP contribution is 2.41. The van der Waals surface area contributed by atoms with Crippen molar-refractivity contribution in [3.05, 3.63) is 77.6 Å². The number of benzene rings is 3. The lowest BCUT2D eigenvalue weighted by Crippen LogP contribution is -2.22. The van der Waals surface area contributed by atoms with Gasteiger partial charge in [-0.25, -0.2) is 4.39 Å². The van der Waals surface area contributed by atoms with Crippen LogP contribution in [0, 0.1) is 5.82 Å². The smallest absolute Gasteiger partial charge is 0.255 e. The minimum Gasteiger partial charge on any atom is -0.455 e. The first-order chi connectivity index (χ1) is 16.4. The van der Waals surface area contributed by atoms with Crippen LogP contribution in [0.5, 0.6) is 0 Å². The number of hydrogen-bond donors (Lipinski definition) is 2. The van der Waals surface area contributed by atoms with Gasteiger partial charge in [-0.15, -0.1) is 0 Å². The molecule has 0 radical (unpaired) electrons. The van der Waals surface area contributed by atoms with Gasteiger partial charge in [0, 0.05) is 54.0 Å². The minimum atomic E-state index is -0.514. The van der Waals surface area contributed by atoms with E-state index in [4.69, 9.17) is 10.2 Å². The summed E-state index contributed by atoms with van der Waals surface area (Å²) in [4.78, 5) is 26.9. The van der Waals surface area contributed by atoms with Gasteiger partial charge in [-0.2, -0.15) is 0 Å². The van der Waals surface area contributed by atoms with Crippen molar-refractivity contribution in [2.24, 2.45) is 5.73 Å². The fraction of sp³-hybridized carbons (Fsp3) is 0.185. The Morgan fingerprint density at radius 2 is 1.71 bits per heavy atom. The third-order valence-electron chi connectivity index (χ3n) is 5.93. The number of nitrogens with one attached hydrogen (secondary N) is 1. The first-order valence-electron chi connectivity index (χ1n) is 11.1. The molecule has 0 bridgehead atoms. The summed E-state index contributed by atoms with van der Waals surface area (Å²) in [6.07, 6.45) is 0. The Hall–Kier alpha value is -4.13. The first kappa shape index (κ1) is 23.0. The van der Waals surface area contributed by atoms with Crippen LogP contribution in [0.15, 0.2) is 65.1 Å². The number of nitrogens with zero attached hydrogens (tertiary/aromatic N) is 1. The summed E-state index contributed by atoms with van der Waals surface area (Å²) >= 11 is 0.